The van der Waals surface area contributed by atoms with Crippen molar-refractivity contribution >= 4 is 28.6 Å². The van der Waals surface area contributed by atoms with Crippen LogP contribution in [-0.2, 0) is 15.9 Å². The highest BCUT2D eigenvalue weighted by molar-refractivity contribution is 6.31. The monoisotopic (exact) mass is 497 g/mol. The van der Waals surface area contributed by atoms with Crippen molar-refractivity contribution in [3.63, 3.8) is 0 Å². The van der Waals surface area contributed by atoms with Crippen LogP contribution in [0.3, 0.4) is 0 Å². The van der Waals surface area contributed by atoms with E-state index in [9.17, 15) is 4.79 Å². The van der Waals surface area contributed by atoms with Gasteiger partial charge in [0.2, 0.25) is 0 Å². The maximum absolute atomic E-state index is 13.0. The van der Waals surface area contributed by atoms with E-state index in [1.807, 2.05) is 42.5 Å². The second-order valence-electron chi connectivity index (χ2n) is 7.98. The van der Waals surface area contributed by atoms with Crippen LogP contribution < -0.4 is 10.1 Å². The molecule has 1 amide bonds. The molecule has 0 bridgehead atoms. The molecule has 9 nitrogen and oxygen atoms in total. The number of methoxy groups -OCH3 is 1. The summed E-state index contributed by atoms with van der Waals surface area (Å²) in [4.78, 5) is 18.3. The number of ether oxygens (including phenoxy) is 3. The Morgan fingerprint density at radius 1 is 1.26 bits per heavy atom. The standard InChI is InChI=1S/C25H28ClN5O4/c1-33-14-15-35-25(32)31-12-8-20-21-16-18(26)4-7-22(21)30-23(20)24(31)17-2-5-19(6-3-17)34-13-11-28-9-10-29-27/h2-7,9-10,16,24,27-28,30H,8,11-15H2,1H3/b10-9-,29-27?. The number of aromatic nitrogens is 1. The molecule has 10 heteroatoms. The van der Waals surface area contributed by atoms with Gasteiger partial charge in [-0.25, -0.2) is 10.3 Å². The van der Waals surface area contributed by atoms with Crippen LogP contribution in [0.25, 0.3) is 10.9 Å². The van der Waals surface area contributed by atoms with Gasteiger partial charge in [-0.15, -0.1) is 0 Å². The molecule has 1 aliphatic rings. The van der Waals surface area contributed by atoms with Crippen molar-refractivity contribution in [1.82, 2.24) is 15.2 Å². The van der Waals surface area contributed by atoms with E-state index in [1.54, 1.807) is 18.2 Å². The van der Waals surface area contributed by atoms with Gasteiger partial charge in [0.05, 0.1) is 12.8 Å². The van der Waals surface area contributed by atoms with Gasteiger partial charge in [-0.1, -0.05) is 23.7 Å². The van der Waals surface area contributed by atoms with Crippen LogP contribution in [0.15, 0.2) is 60.0 Å². The molecule has 0 saturated carbocycles. The van der Waals surface area contributed by atoms with Crippen LogP contribution in [0.2, 0.25) is 5.02 Å². The third kappa shape index (κ3) is 5.75. The Balaban J connectivity index is 1.58. The molecule has 2 heterocycles. The summed E-state index contributed by atoms with van der Waals surface area (Å²) in [6, 6.07) is 13.2. The summed E-state index contributed by atoms with van der Waals surface area (Å²) in [6.45, 7) is 2.09. The van der Waals surface area contributed by atoms with E-state index in [0.29, 0.717) is 37.7 Å². The molecule has 0 saturated heterocycles. The number of fused-ring (bicyclic) bond motifs is 3. The minimum absolute atomic E-state index is 0.194. The Kier molecular flexibility index (Phi) is 8.23. The Bertz CT molecular complexity index is 1190. The molecule has 1 atom stereocenters. The average molecular weight is 498 g/mol. The Morgan fingerprint density at radius 3 is 2.86 bits per heavy atom. The van der Waals surface area contributed by atoms with Crippen molar-refractivity contribution in [3.05, 3.63) is 76.7 Å². The van der Waals surface area contributed by atoms with E-state index >= 15 is 0 Å². The molecule has 0 radical (unpaired) electrons. The number of hydrogen-bond acceptors (Lipinski definition) is 7. The zero-order valence-electron chi connectivity index (χ0n) is 19.4. The zero-order chi connectivity index (χ0) is 24.6. The number of hydrogen-bond donors (Lipinski definition) is 3. The molecule has 0 spiro atoms. The second-order valence-corrected chi connectivity index (χ2v) is 8.41. The van der Waals surface area contributed by atoms with Gasteiger partial charge in [0.15, 0.2) is 0 Å². The molecule has 4 rings (SSSR count). The van der Waals surface area contributed by atoms with E-state index in [2.05, 4.69) is 15.4 Å². The number of halogens is 1. The Morgan fingerprint density at radius 2 is 2.09 bits per heavy atom. The SMILES string of the molecule is COCCOC(=O)N1CCc2c([nH]c3ccc(Cl)cc23)C1c1ccc(OCCN/C=C\N=N)cc1. The van der Waals surface area contributed by atoms with Crippen molar-refractivity contribution in [2.24, 2.45) is 5.11 Å². The maximum Gasteiger partial charge on any atom is 0.410 e. The summed E-state index contributed by atoms with van der Waals surface area (Å²) in [5.74, 6) is 0.721. The lowest BCUT2D eigenvalue weighted by Gasteiger charge is -2.35. The molecule has 1 aromatic heterocycles. The molecule has 1 aliphatic heterocycles. The van der Waals surface area contributed by atoms with E-state index in [-0.39, 0.29) is 18.7 Å². The average Bonchev–Trinajstić information content (AvgIpc) is 3.24. The molecule has 35 heavy (non-hydrogen) atoms. The highest BCUT2D eigenvalue weighted by Crippen LogP contribution is 2.39. The number of H-pyrrole nitrogens is 1. The van der Waals surface area contributed by atoms with Gasteiger partial charge in [0, 0.05) is 48.0 Å². The molecule has 0 aliphatic carbocycles. The van der Waals surface area contributed by atoms with Gasteiger partial charge in [0.25, 0.3) is 0 Å². The molecular weight excluding hydrogens is 470 g/mol. The van der Waals surface area contributed by atoms with Gasteiger partial charge in [-0.05, 0) is 47.9 Å². The molecule has 1 unspecified atom stereocenters. The summed E-state index contributed by atoms with van der Waals surface area (Å²) in [6.07, 6.45) is 3.26. The van der Waals surface area contributed by atoms with Crippen LogP contribution >= 0.6 is 11.6 Å². The maximum atomic E-state index is 13.0. The number of carbonyl (C=O) groups is 1. The number of aromatic amines is 1. The zero-order valence-corrected chi connectivity index (χ0v) is 20.2. The number of amides is 1. The lowest BCUT2D eigenvalue weighted by Crippen LogP contribution is -2.41. The highest BCUT2D eigenvalue weighted by atomic mass is 35.5. The number of nitrogens with one attached hydrogen (secondary N) is 3. The number of rotatable bonds is 10. The summed E-state index contributed by atoms with van der Waals surface area (Å²) >= 11 is 6.27. The first-order valence-corrected chi connectivity index (χ1v) is 11.7. The smallest absolute Gasteiger partial charge is 0.410 e. The van der Waals surface area contributed by atoms with Crippen molar-refractivity contribution in [2.75, 3.05) is 40.0 Å². The Labute approximate surface area is 208 Å². The summed E-state index contributed by atoms with van der Waals surface area (Å²) < 4.78 is 16.3. The highest BCUT2D eigenvalue weighted by Gasteiger charge is 2.35. The fraction of sp³-hybridized carbons (Fsp3) is 0.320. The van der Waals surface area contributed by atoms with Gasteiger partial charge >= 0.3 is 6.09 Å². The van der Waals surface area contributed by atoms with Crippen LogP contribution in [0.4, 0.5) is 4.79 Å². The van der Waals surface area contributed by atoms with E-state index in [0.717, 1.165) is 33.5 Å². The molecule has 184 valence electrons. The van der Waals surface area contributed by atoms with Crippen molar-refractivity contribution < 1.29 is 19.0 Å². The largest absolute Gasteiger partial charge is 0.492 e. The third-order valence-electron chi connectivity index (χ3n) is 5.81. The second kappa shape index (κ2) is 11.7. The Hall–Kier alpha value is -3.56. The number of benzene rings is 2. The van der Waals surface area contributed by atoms with Crippen LogP contribution in [0.1, 0.15) is 22.9 Å². The van der Waals surface area contributed by atoms with Gasteiger partial charge < -0.3 is 24.5 Å². The van der Waals surface area contributed by atoms with Crippen LogP contribution in [0, 0.1) is 5.53 Å². The minimum atomic E-state index is -0.381. The first-order chi connectivity index (χ1) is 17.1. The van der Waals surface area contributed by atoms with E-state index in [4.69, 9.17) is 31.3 Å². The number of nitrogens with zero attached hydrogens (tertiary/aromatic N) is 2. The molecule has 2 aromatic carbocycles. The summed E-state index contributed by atoms with van der Waals surface area (Å²) in [5, 5.41) is 7.87. The normalized spacial score (nSPS) is 15.3. The molecular formula is C25H28ClN5O4. The van der Waals surface area contributed by atoms with Gasteiger partial charge in [-0.3, -0.25) is 4.90 Å². The van der Waals surface area contributed by atoms with Crippen molar-refractivity contribution in [3.8, 4) is 5.75 Å². The van der Waals surface area contributed by atoms with Crippen LogP contribution in [0.5, 0.6) is 5.75 Å². The predicted octanol–water partition coefficient (Wildman–Crippen LogP) is 5.02. The topological polar surface area (TPSA) is 112 Å². The van der Waals surface area contributed by atoms with Crippen LogP contribution in [-0.4, -0.2) is 56.0 Å². The predicted molar refractivity (Wildman–Crippen MR) is 133 cm³/mol. The fourth-order valence-electron chi connectivity index (χ4n) is 4.25. The van der Waals surface area contributed by atoms with Gasteiger partial charge in [0.1, 0.15) is 25.0 Å². The third-order valence-corrected chi connectivity index (χ3v) is 6.05. The fourth-order valence-corrected chi connectivity index (χ4v) is 4.42. The molecule has 0 fully saturated rings. The summed E-state index contributed by atoms with van der Waals surface area (Å²) in [5.41, 5.74) is 10.8. The lowest BCUT2D eigenvalue weighted by atomic mass is 9.92. The first-order valence-electron chi connectivity index (χ1n) is 11.3. The van der Waals surface area contributed by atoms with Gasteiger partial charge in [-0.2, -0.15) is 5.11 Å². The van der Waals surface area contributed by atoms with Crippen molar-refractivity contribution in [2.45, 2.75) is 12.5 Å². The number of carbonyl (C=O) groups excluding carboxylic acids is 1. The van der Waals surface area contributed by atoms with E-state index in [1.165, 1.54) is 6.20 Å². The van der Waals surface area contributed by atoms with E-state index < -0.39 is 0 Å². The minimum Gasteiger partial charge on any atom is -0.492 e. The molecule has 3 N–H and O–H groups in total. The summed E-state index contributed by atoms with van der Waals surface area (Å²) in [7, 11) is 1.57. The quantitative estimate of drug-likeness (QED) is 0.269. The lowest BCUT2D eigenvalue weighted by molar-refractivity contribution is 0.0629. The first kappa shape index (κ1) is 24.6. The molecule has 3 aromatic rings. The van der Waals surface area contributed by atoms with Crippen molar-refractivity contribution in [1.29, 1.82) is 5.53 Å².